The molecule has 8 nitrogen and oxygen atoms in total. The second-order valence-corrected chi connectivity index (χ2v) is 10.4. The predicted octanol–water partition coefficient (Wildman–Crippen LogP) is 5.59. The standard InChI is InChI=1S/C27H29N5O3S2/c1-6-32-24(19-11-13-20(14-12-19)31(3)4)29-30-27(32)37-16-22(33)28-25-23(26(34)35-5)21(15-36-25)18-9-7-17(2)8-10-18/h7-15H,6,16H2,1-5H3,(H,28,33). The molecule has 0 fully saturated rings. The Kier molecular flexibility index (Phi) is 8.30. The minimum absolute atomic E-state index is 0.121. The molecule has 0 aliphatic rings. The van der Waals surface area contributed by atoms with Gasteiger partial charge in [-0.3, -0.25) is 4.79 Å². The molecule has 192 valence electrons. The van der Waals surface area contributed by atoms with Crippen molar-refractivity contribution in [2.24, 2.45) is 0 Å². The molecule has 4 rings (SSSR count). The molecule has 1 N–H and O–H groups in total. The molecule has 1 amide bonds. The van der Waals surface area contributed by atoms with Crippen LogP contribution in [0.15, 0.2) is 59.1 Å². The number of ether oxygens (including phenoxy) is 1. The minimum atomic E-state index is -0.490. The van der Waals surface area contributed by atoms with E-state index in [4.69, 9.17) is 4.74 Å². The van der Waals surface area contributed by atoms with E-state index in [0.717, 1.165) is 33.8 Å². The molecule has 0 unspecified atom stereocenters. The molecule has 0 saturated heterocycles. The first-order valence-corrected chi connectivity index (χ1v) is 13.6. The number of nitrogens with one attached hydrogen (secondary N) is 1. The van der Waals surface area contributed by atoms with E-state index in [1.165, 1.54) is 30.2 Å². The van der Waals surface area contributed by atoms with E-state index in [2.05, 4.69) is 15.5 Å². The van der Waals surface area contributed by atoms with Gasteiger partial charge in [-0.1, -0.05) is 41.6 Å². The molecule has 0 radical (unpaired) electrons. The van der Waals surface area contributed by atoms with E-state index < -0.39 is 5.97 Å². The number of thiophene rings is 1. The van der Waals surface area contributed by atoms with E-state index in [-0.39, 0.29) is 11.7 Å². The van der Waals surface area contributed by atoms with Crippen LogP contribution in [0.5, 0.6) is 0 Å². The van der Waals surface area contributed by atoms with Crippen molar-refractivity contribution in [3.05, 3.63) is 65.0 Å². The number of aromatic nitrogens is 3. The van der Waals surface area contributed by atoms with E-state index in [1.807, 2.05) is 91.3 Å². The van der Waals surface area contributed by atoms with Crippen LogP contribution in [0.25, 0.3) is 22.5 Å². The average molecular weight is 536 g/mol. The first-order valence-electron chi connectivity index (χ1n) is 11.7. The summed E-state index contributed by atoms with van der Waals surface area (Å²) >= 11 is 2.61. The highest BCUT2D eigenvalue weighted by Gasteiger charge is 2.23. The number of methoxy groups -OCH3 is 1. The molecule has 0 bridgehead atoms. The first-order chi connectivity index (χ1) is 17.8. The number of thioether (sulfide) groups is 1. The molecule has 0 aliphatic carbocycles. The normalized spacial score (nSPS) is 10.8. The number of carbonyl (C=O) groups excluding carboxylic acids is 2. The van der Waals surface area contributed by atoms with Crippen LogP contribution in [-0.4, -0.2) is 53.6 Å². The summed E-state index contributed by atoms with van der Waals surface area (Å²) < 4.78 is 7.00. The van der Waals surface area contributed by atoms with Gasteiger partial charge in [0.25, 0.3) is 0 Å². The summed E-state index contributed by atoms with van der Waals surface area (Å²) in [4.78, 5) is 27.5. The van der Waals surface area contributed by atoms with Crippen LogP contribution in [0.2, 0.25) is 0 Å². The first kappa shape index (κ1) is 26.4. The number of amides is 1. The molecule has 2 aromatic heterocycles. The highest BCUT2D eigenvalue weighted by molar-refractivity contribution is 7.99. The SMILES string of the molecule is CCn1c(SCC(=O)Nc2scc(-c3ccc(C)cc3)c2C(=O)OC)nnc1-c1ccc(N(C)C)cc1. The van der Waals surface area contributed by atoms with E-state index in [0.29, 0.717) is 22.3 Å². The lowest BCUT2D eigenvalue weighted by molar-refractivity contribution is -0.113. The third kappa shape index (κ3) is 5.86. The average Bonchev–Trinajstić information content (AvgIpc) is 3.51. The second-order valence-electron chi connectivity index (χ2n) is 8.54. The lowest BCUT2D eigenvalue weighted by Gasteiger charge is -2.13. The topological polar surface area (TPSA) is 89.3 Å². The van der Waals surface area contributed by atoms with E-state index >= 15 is 0 Å². The number of carbonyl (C=O) groups is 2. The van der Waals surface area contributed by atoms with Crippen LogP contribution in [-0.2, 0) is 16.1 Å². The monoisotopic (exact) mass is 535 g/mol. The number of benzene rings is 2. The number of rotatable bonds is 9. The van der Waals surface area contributed by atoms with Gasteiger partial charge in [0.1, 0.15) is 10.6 Å². The van der Waals surface area contributed by atoms with Crippen LogP contribution in [0, 0.1) is 6.92 Å². The number of hydrogen-bond acceptors (Lipinski definition) is 8. The molecular weight excluding hydrogens is 506 g/mol. The maximum absolute atomic E-state index is 12.9. The van der Waals surface area contributed by atoms with Gasteiger partial charge in [0.2, 0.25) is 5.91 Å². The summed E-state index contributed by atoms with van der Waals surface area (Å²) in [6.07, 6.45) is 0. The van der Waals surface area contributed by atoms with Crippen LogP contribution in [0.4, 0.5) is 10.7 Å². The molecule has 2 aromatic carbocycles. The van der Waals surface area contributed by atoms with Gasteiger partial charge in [0, 0.05) is 42.8 Å². The largest absolute Gasteiger partial charge is 0.465 e. The van der Waals surface area contributed by atoms with Gasteiger partial charge in [0.15, 0.2) is 11.0 Å². The highest BCUT2D eigenvalue weighted by atomic mass is 32.2. The fraction of sp³-hybridized carbons (Fsp3) is 0.259. The second kappa shape index (κ2) is 11.6. The van der Waals surface area contributed by atoms with Gasteiger partial charge in [-0.25, -0.2) is 4.79 Å². The maximum atomic E-state index is 12.9. The number of nitrogens with zero attached hydrogens (tertiary/aromatic N) is 4. The number of hydrogen-bond donors (Lipinski definition) is 1. The van der Waals surface area contributed by atoms with Crippen molar-refractivity contribution in [3.8, 4) is 22.5 Å². The van der Waals surface area contributed by atoms with E-state index in [9.17, 15) is 9.59 Å². The highest BCUT2D eigenvalue weighted by Crippen LogP contribution is 2.36. The molecule has 0 saturated carbocycles. The Hall–Kier alpha value is -3.63. The van der Waals surface area contributed by atoms with Gasteiger partial charge in [-0.2, -0.15) is 0 Å². The Morgan fingerprint density at radius 1 is 1.05 bits per heavy atom. The zero-order valence-electron chi connectivity index (χ0n) is 21.4. The zero-order valence-corrected chi connectivity index (χ0v) is 23.1. The zero-order chi connectivity index (χ0) is 26.5. The van der Waals surface area contributed by atoms with Crippen LogP contribution >= 0.6 is 23.1 Å². The molecule has 37 heavy (non-hydrogen) atoms. The fourth-order valence-corrected chi connectivity index (χ4v) is 5.57. The van der Waals surface area contributed by atoms with Gasteiger partial charge >= 0.3 is 5.97 Å². The smallest absolute Gasteiger partial charge is 0.341 e. The molecule has 2 heterocycles. The molecule has 0 atom stereocenters. The Bertz CT molecular complexity index is 1390. The summed E-state index contributed by atoms with van der Waals surface area (Å²) in [5.74, 6) is 0.144. The lowest BCUT2D eigenvalue weighted by Crippen LogP contribution is -2.16. The Morgan fingerprint density at radius 2 is 1.73 bits per heavy atom. The molecule has 4 aromatic rings. The quantitative estimate of drug-likeness (QED) is 0.221. The number of aryl methyl sites for hydroxylation is 1. The lowest BCUT2D eigenvalue weighted by atomic mass is 10.0. The number of esters is 1. The van der Waals surface area contributed by atoms with Gasteiger partial charge in [-0.05, 0) is 43.7 Å². The van der Waals surface area contributed by atoms with Gasteiger partial charge in [-0.15, -0.1) is 21.5 Å². The molecule has 0 aliphatic heterocycles. The Labute approximate surface area is 224 Å². The van der Waals surface area contributed by atoms with Crippen molar-refractivity contribution in [2.75, 3.05) is 37.2 Å². The Balaban J connectivity index is 1.49. The van der Waals surface area contributed by atoms with Crippen molar-refractivity contribution in [1.82, 2.24) is 14.8 Å². The minimum Gasteiger partial charge on any atom is -0.465 e. The number of anilines is 2. The van der Waals surface area contributed by atoms with Crippen LogP contribution < -0.4 is 10.2 Å². The Morgan fingerprint density at radius 3 is 2.35 bits per heavy atom. The third-order valence-electron chi connectivity index (χ3n) is 5.80. The predicted molar refractivity (Wildman–Crippen MR) is 151 cm³/mol. The van der Waals surface area contributed by atoms with Crippen molar-refractivity contribution in [3.63, 3.8) is 0 Å². The van der Waals surface area contributed by atoms with Crippen molar-refractivity contribution >= 4 is 45.7 Å². The van der Waals surface area contributed by atoms with Crippen molar-refractivity contribution < 1.29 is 14.3 Å². The van der Waals surface area contributed by atoms with Crippen LogP contribution in [0.3, 0.4) is 0 Å². The van der Waals surface area contributed by atoms with Crippen LogP contribution in [0.1, 0.15) is 22.8 Å². The van der Waals surface area contributed by atoms with E-state index in [1.54, 1.807) is 0 Å². The van der Waals surface area contributed by atoms with Crippen molar-refractivity contribution in [1.29, 1.82) is 0 Å². The molecular formula is C27H29N5O3S2. The summed E-state index contributed by atoms with van der Waals surface area (Å²) in [5, 5.41) is 14.6. The van der Waals surface area contributed by atoms with Gasteiger partial charge < -0.3 is 19.5 Å². The molecule has 10 heteroatoms. The molecule has 0 spiro atoms. The summed E-state index contributed by atoms with van der Waals surface area (Å²) in [6, 6.07) is 16.0. The van der Waals surface area contributed by atoms with Crippen molar-refractivity contribution in [2.45, 2.75) is 25.5 Å². The third-order valence-corrected chi connectivity index (χ3v) is 7.67. The van der Waals surface area contributed by atoms with Gasteiger partial charge in [0.05, 0.1) is 12.9 Å². The maximum Gasteiger partial charge on any atom is 0.341 e. The summed E-state index contributed by atoms with van der Waals surface area (Å²) in [7, 11) is 5.33. The summed E-state index contributed by atoms with van der Waals surface area (Å²) in [5.41, 5.74) is 5.16. The summed E-state index contributed by atoms with van der Waals surface area (Å²) in [6.45, 7) is 4.69. The fourth-order valence-electron chi connectivity index (χ4n) is 3.80.